The number of aromatic nitrogens is 2. The van der Waals surface area contributed by atoms with Crippen molar-refractivity contribution in [3.05, 3.63) is 57.4 Å². The van der Waals surface area contributed by atoms with Crippen LogP contribution in [-0.2, 0) is 20.9 Å². The number of thiophene rings is 1. The van der Waals surface area contributed by atoms with Gasteiger partial charge in [-0.25, -0.2) is 4.79 Å². The van der Waals surface area contributed by atoms with Gasteiger partial charge in [-0.1, -0.05) is 23.8 Å². The Labute approximate surface area is 171 Å². The molecule has 3 rings (SSSR count). The van der Waals surface area contributed by atoms with Crippen molar-refractivity contribution in [2.45, 2.75) is 39.8 Å². The molecule has 2 aromatic heterocycles. The van der Waals surface area contributed by atoms with E-state index in [1.807, 2.05) is 37.4 Å². The van der Waals surface area contributed by atoms with Crippen molar-refractivity contribution in [2.75, 3.05) is 5.32 Å². The van der Waals surface area contributed by atoms with Crippen LogP contribution in [0.15, 0.2) is 44.9 Å². The quantitative estimate of drug-likeness (QED) is 0.595. The number of carbonyl (C=O) groups is 2. The van der Waals surface area contributed by atoms with E-state index in [4.69, 9.17) is 9.15 Å². The summed E-state index contributed by atoms with van der Waals surface area (Å²) in [5.74, 6) is -1.48. The van der Waals surface area contributed by atoms with Crippen LogP contribution in [0.1, 0.15) is 24.5 Å². The summed E-state index contributed by atoms with van der Waals surface area (Å²) in [7, 11) is 0. The molecular weight excluding hydrogens is 394 g/mol. The smallest absolute Gasteiger partial charge is 0.437 e. The summed E-state index contributed by atoms with van der Waals surface area (Å²) < 4.78 is 11.3. The number of esters is 1. The minimum atomic E-state index is -0.973. The number of carbonyl (C=O) groups excluding carboxylic acids is 2. The average Bonchev–Trinajstić information content (AvgIpc) is 3.32. The van der Waals surface area contributed by atoms with Gasteiger partial charge >= 0.3 is 11.7 Å². The predicted molar refractivity (Wildman–Crippen MR) is 109 cm³/mol. The van der Waals surface area contributed by atoms with Crippen LogP contribution >= 0.6 is 11.3 Å². The van der Waals surface area contributed by atoms with Crippen LogP contribution in [0, 0.1) is 13.8 Å². The minimum Gasteiger partial charge on any atom is -0.452 e. The Morgan fingerprint density at radius 1 is 1.31 bits per heavy atom. The molecule has 0 aliphatic rings. The standard InChI is InChI=1S/C20H21N3O5S/c1-12-6-7-15(13(2)11-12)21-18(25)14(3)27-17(24)8-9-23-20(26)28-19(22-23)16-5-4-10-29-16/h4-7,10-11,14H,8-9H2,1-3H3,(H,21,25)/t14-/m1/s1. The molecule has 0 radical (unpaired) electrons. The average molecular weight is 415 g/mol. The van der Waals surface area contributed by atoms with E-state index in [1.54, 1.807) is 12.1 Å². The summed E-state index contributed by atoms with van der Waals surface area (Å²) in [5.41, 5.74) is 2.67. The maximum atomic E-state index is 12.3. The van der Waals surface area contributed by atoms with Crippen molar-refractivity contribution >= 4 is 28.9 Å². The van der Waals surface area contributed by atoms with Crippen LogP contribution in [0.4, 0.5) is 5.69 Å². The number of nitrogens with one attached hydrogen (secondary N) is 1. The lowest BCUT2D eigenvalue weighted by molar-refractivity contribution is -0.153. The Morgan fingerprint density at radius 3 is 2.79 bits per heavy atom. The molecule has 0 aliphatic heterocycles. The summed E-state index contributed by atoms with van der Waals surface area (Å²) in [6.07, 6.45) is -1.09. The molecule has 29 heavy (non-hydrogen) atoms. The molecule has 152 valence electrons. The van der Waals surface area contributed by atoms with E-state index < -0.39 is 23.7 Å². The lowest BCUT2D eigenvalue weighted by Crippen LogP contribution is -2.30. The van der Waals surface area contributed by atoms with Gasteiger partial charge in [-0.15, -0.1) is 16.4 Å². The highest BCUT2D eigenvalue weighted by atomic mass is 32.1. The molecule has 0 saturated carbocycles. The fraction of sp³-hybridized carbons (Fsp3) is 0.300. The number of anilines is 1. The van der Waals surface area contributed by atoms with E-state index in [2.05, 4.69) is 10.4 Å². The number of rotatable bonds is 7. The van der Waals surface area contributed by atoms with Crippen LogP contribution in [0.3, 0.4) is 0 Å². The third kappa shape index (κ3) is 5.20. The SMILES string of the molecule is Cc1ccc(NC(=O)[C@@H](C)OC(=O)CCn2nc(-c3cccs3)oc2=O)c(C)c1. The Hall–Kier alpha value is -3.20. The molecule has 0 saturated heterocycles. The number of amides is 1. The van der Waals surface area contributed by atoms with Gasteiger partial charge in [0.2, 0.25) is 0 Å². The Bertz CT molecular complexity index is 1070. The molecule has 0 spiro atoms. The van der Waals surface area contributed by atoms with E-state index in [-0.39, 0.29) is 18.9 Å². The molecule has 0 unspecified atom stereocenters. The van der Waals surface area contributed by atoms with E-state index in [0.717, 1.165) is 20.7 Å². The van der Waals surface area contributed by atoms with Crippen LogP contribution in [0.2, 0.25) is 0 Å². The van der Waals surface area contributed by atoms with Gasteiger partial charge in [-0.2, -0.15) is 4.68 Å². The summed E-state index contributed by atoms with van der Waals surface area (Å²) in [6, 6.07) is 9.25. The largest absolute Gasteiger partial charge is 0.452 e. The first-order valence-corrected chi connectivity index (χ1v) is 9.91. The van der Waals surface area contributed by atoms with E-state index >= 15 is 0 Å². The number of benzene rings is 1. The van der Waals surface area contributed by atoms with Gasteiger partial charge in [-0.3, -0.25) is 9.59 Å². The number of aryl methyl sites for hydroxylation is 3. The van der Waals surface area contributed by atoms with Gasteiger partial charge in [0.05, 0.1) is 17.8 Å². The molecule has 1 atom stereocenters. The molecule has 8 nitrogen and oxygen atoms in total. The number of ether oxygens (including phenoxy) is 1. The Morgan fingerprint density at radius 2 is 2.10 bits per heavy atom. The van der Waals surface area contributed by atoms with Gasteiger partial charge in [0.25, 0.3) is 11.8 Å². The first kappa shape index (κ1) is 20.5. The molecular formula is C20H21N3O5S. The zero-order valence-corrected chi connectivity index (χ0v) is 17.1. The van der Waals surface area contributed by atoms with Gasteiger partial charge in [0, 0.05) is 5.69 Å². The Kier molecular flexibility index (Phi) is 6.28. The zero-order chi connectivity index (χ0) is 21.0. The van der Waals surface area contributed by atoms with Crippen LogP contribution in [0.25, 0.3) is 10.8 Å². The molecule has 0 aliphatic carbocycles. The maximum Gasteiger partial charge on any atom is 0.437 e. The molecule has 9 heteroatoms. The number of hydrogen-bond donors (Lipinski definition) is 1. The van der Waals surface area contributed by atoms with E-state index in [0.29, 0.717) is 5.69 Å². The highest BCUT2D eigenvalue weighted by Gasteiger charge is 2.19. The lowest BCUT2D eigenvalue weighted by atomic mass is 10.1. The van der Waals surface area contributed by atoms with Crippen LogP contribution in [0.5, 0.6) is 0 Å². The van der Waals surface area contributed by atoms with Crippen molar-refractivity contribution in [2.24, 2.45) is 0 Å². The molecule has 2 heterocycles. The molecule has 0 bridgehead atoms. The van der Waals surface area contributed by atoms with Crippen molar-refractivity contribution < 1.29 is 18.7 Å². The van der Waals surface area contributed by atoms with Gasteiger partial charge < -0.3 is 14.5 Å². The molecule has 1 aromatic carbocycles. The first-order valence-electron chi connectivity index (χ1n) is 9.03. The molecule has 1 N–H and O–H groups in total. The number of nitrogens with zero attached hydrogens (tertiary/aromatic N) is 2. The third-order valence-corrected chi connectivity index (χ3v) is 5.04. The highest BCUT2D eigenvalue weighted by molar-refractivity contribution is 7.13. The fourth-order valence-corrected chi connectivity index (χ4v) is 3.29. The summed E-state index contributed by atoms with van der Waals surface area (Å²) in [6.45, 7) is 5.35. The lowest BCUT2D eigenvalue weighted by Gasteiger charge is -2.15. The van der Waals surface area contributed by atoms with Gasteiger partial charge in [0.15, 0.2) is 6.10 Å². The van der Waals surface area contributed by atoms with Gasteiger partial charge in [0.1, 0.15) is 0 Å². The van der Waals surface area contributed by atoms with Crippen molar-refractivity contribution in [1.82, 2.24) is 9.78 Å². The zero-order valence-electron chi connectivity index (χ0n) is 16.3. The fourth-order valence-electron chi connectivity index (χ4n) is 2.64. The second-order valence-corrected chi connectivity index (χ2v) is 7.51. The topological polar surface area (TPSA) is 103 Å². The van der Waals surface area contributed by atoms with E-state index in [1.165, 1.54) is 18.3 Å². The van der Waals surface area contributed by atoms with Crippen molar-refractivity contribution in [3.8, 4) is 10.8 Å². The van der Waals surface area contributed by atoms with Crippen molar-refractivity contribution in [3.63, 3.8) is 0 Å². The predicted octanol–water partition coefficient (Wildman–Crippen LogP) is 3.14. The second-order valence-electron chi connectivity index (χ2n) is 6.56. The Balaban J connectivity index is 1.52. The molecule has 0 fully saturated rings. The van der Waals surface area contributed by atoms with Crippen LogP contribution in [-0.4, -0.2) is 27.8 Å². The summed E-state index contributed by atoms with van der Waals surface area (Å²) >= 11 is 1.39. The maximum absolute atomic E-state index is 12.3. The second kappa shape index (κ2) is 8.87. The van der Waals surface area contributed by atoms with Crippen molar-refractivity contribution in [1.29, 1.82) is 0 Å². The highest BCUT2D eigenvalue weighted by Crippen LogP contribution is 2.21. The third-order valence-electron chi connectivity index (χ3n) is 4.18. The first-order chi connectivity index (χ1) is 13.8. The number of hydrogen-bond acceptors (Lipinski definition) is 7. The summed E-state index contributed by atoms with van der Waals surface area (Å²) in [5, 5.41) is 8.66. The minimum absolute atomic E-state index is 0.00203. The normalized spacial score (nSPS) is 11.8. The van der Waals surface area contributed by atoms with Gasteiger partial charge in [-0.05, 0) is 43.8 Å². The monoisotopic (exact) mass is 415 g/mol. The molecule has 1 amide bonds. The van der Waals surface area contributed by atoms with Crippen LogP contribution < -0.4 is 11.1 Å². The van der Waals surface area contributed by atoms with E-state index in [9.17, 15) is 14.4 Å². The summed E-state index contributed by atoms with van der Waals surface area (Å²) in [4.78, 5) is 36.9. The molecule has 3 aromatic rings.